The molecule has 4 N–H and O–H groups in total. The number of nitrogen functional groups attached to an aromatic ring is 1. The molecule has 0 spiro atoms. The summed E-state index contributed by atoms with van der Waals surface area (Å²) in [7, 11) is 0. The van der Waals surface area contributed by atoms with E-state index in [1.54, 1.807) is 24.3 Å². The Labute approximate surface area is 89.8 Å². The molecule has 1 heterocycles. The van der Waals surface area contributed by atoms with Crippen LogP contribution >= 0.6 is 0 Å². The number of hydrogen-bond donors (Lipinski definition) is 3. The number of nitrogens with one attached hydrogen (secondary N) is 2. The Morgan fingerprint density at radius 2 is 2.06 bits per heavy atom. The molecule has 82 valence electrons. The van der Waals surface area contributed by atoms with E-state index < -0.39 is 11.5 Å². The number of benzene rings is 1. The van der Waals surface area contributed by atoms with Crippen LogP contribution in [0.5, 0.6) is 0 Å². The lowest BCUT2D eigenvalue weighted by molar-refractivity contribution is 0.102. The van der Waals surface area contributed by atoms with Gasteiger partial charge in [-0.25, -0.2) is 0 Å². The Hall–Kier alpha value is -2.57. The van der Waals surface area contributed by atoms with Crippen molar-refractivity contribution in [2.45, 2.75) is 0 Å². The Bertz CT molecular complexity index is 557. The van der Waals surface area contributed by atoms with E-state index in [4.69, 9.17) is 5.84 Å². The number of hydrogen-bond acceptors (Lipinski definition) is 4. The molecule has 1 aromatic heterocycles. The maximum Gasteiger partial charge on any atom is 0.318 e. The molecule has 0 saturated carbocycles. The second-order valence-electron chi connectivity index (χ2n) is 3.06. The summed E-state index contributed by atoms with van der Waals surface area (Å²) in [5.74, 6) is 4.58. The highest BCUT2D eigenvalue weighted by Crippen LogP contribution is 2.05. The first kappa shape index (κ1) is 9.97. The van der Waals surface area contributed by atoms with Crippen LogP contribution in [0.15, 0.2) is 35.1 Å². The summed E-state index contributed by atoms with van der Waals surface area (Å²) in [6.07, 6.45) is 0. The summed E-state index contributed by atoms with van der Waals surface area (Å²) < 4.78 is 0. The van der Waals surface area contributed by atoms with E-state index in [-0.39, 0.29) is 5.69 Å². The average Bonchev–Trinajstić information content (AvgIpc) is 2.61. The van der Waals surface area contributed by atoms with Gasteiger partial charge in [-0.1, -0.05) is 18.2 Å². The third kappa shape index (κ3) is 1.78. The second-order valence-corrected chi connectivity index (χ2v) is 3.06. The lowest BCUT2D eigenvalue weighted by Gasteiger charge is -2.00. The molecule has 7 nitrogen and oxygen atoms in total. The van der Waals surface area contributed by atoms with Gasteiger partial charge in [0.15, 0.2) is 0 Å². The molecular formula is C9H9N5O2. The molecule has 1 aromatic carbocycles. The lowest BCUT2D eigenvalue weighted by atomic mass is 10.3. The third-order valence-electron chi connectivity index (χ3n) is 1.94. The van der Waals surface area contributed by atoms with Crippen molar-refractivity contribution in [3.05, 3.63) is 46.4 Å². The first-order valence-electron chi connectivity index (χ1n) is 4.47. The molecule has 0 radical (unpaired) electrons. The van der Waals surface area contributed by atoms with E-state index in [1.165, 1.54) is 0 Å². The zero-order valence-electron chi connectivity index (χ0n) is 8.18. The van der Waals surface area contributed by atoms with Crippen molar-refractivity contribution in [2.24, 2.45) is 0 Å². The third-order valence-corrected chi connectivity index (χ3v) is 1.94. The smallest absolute Gasteiger partial charge is 0.318 e. The molecule has 0 aliphatic heterocycles. The fourth-order valence-electron chi connectivity index (χ4n) is 1.17. The van der Waals surface area contributed by atoms with Crippen LogP contribution in [0, 0.1) is 0 Å². The van der Waals surface area contributed by atoms with Crippen LogP contribution in [0.1, 0.15) is 10.5 Å². The van der Waals surface area contributed by atoms with E-state index in [1.807, 2.05) is 6.07 Å². The first-order valence-corrected chi connectivity index (χ1v) is 4.47. The molecular weight excluding hydrogens is 210 g/mol. The van der Waals surface area contributed by atoms with E-state index in [9.17, 15) is 9.59 Å². The molecule has 0 atom stereocenters. The molecule has 2 aromatic rings. The highest BCUT2D eigenvalue weighted by Gasteiger charge is 2.15. The zero-order chi connectivity index (χ0) is 11.5. The molecule has 1 amide bonds. The fourth-order valence-corrected chi connectivity index (χ4v) is 1.17. The normalized spacial score (nSPS) is 10.0. The number of para-hydroxylation sites is 1. The van der Waals surface area contributed by atoms with Gasteiger partial charge in [-0.2, -0.15) is 5.21 Å². The van der Waals surface area contributed by atoms with Gasteiger partial charge in [0.25, 0.3) is 5.91 Å². The van der Waals surface area contributed by atoms with E-state index in [0.29, 0.717) is 10.5 Å². The van der Waals surface area contributed by atoms with Crippen molar-refractivity contribution >= 4 is 11.6 Å². The van der Waals surface area contributed by atoms with Crippen molar-refractivity contribution < 1.29 is 4.79 Å². The summed E-state index contributed by atoms with van der Waals surface area (Å²) in [6, 6.07) is 8.75. The van der Waals surface area contributed by atoms with Crippen LogP contribution in [-0.4, -0.2) is 21.0 Å². The molecule has 0 aliphatic rings. The number of aromatic nitrogens is 3. The molecule has 0 unspecified atom stereocenters. The minimum atomic E-state index is -0.673. The Balaban J connectivity index is 2.22. The Morgan fingerprint density at radius 3 is 2.62 bits per heavy atom. The maximum absolute atomic E-state index is 11.6. The predicted molar refractivity (Wildman–Crippen MR) is 57.4 cm³/mol. The molecule has 0 aliphatic carbocycles. The fraction of sp³-hybridized carbons (Fsp3) is 0. The van der Waals surface area contributed by atoms with Crippen LogP contribution in [0.2, 0.25) is 0 Å². The van der Waals surface area contributed by atoms with E-state index in [0.717, 1.165) is 0 Å². The van der Waals surface area contributed by atoms with Crippen molar-refractivity contribution in [1.82, 2.24) is 15.1 Å². The number of aromatic amines is 1. The monoisotopic (exact) mass is 219 g/mol. The summed E-state index contributed by atoms with van der Waals surface area (Å²) in [5, 5.41) is 8.20. The van der Waals surface area contributed by atoms with Crippen LogP contribution in [-0.2, 0) is 0 Å². The second kappa shape index (κ2) is 3.89. The van der Waals surface area contributed by atoms with Crippen molar-refractivity contribution in [3.8, 4) is 0 Å². The lowest BCUT2D eigenvalue weighted by Crippen LogP contribution is -2.29. The zero-order valence-corrected chi connectivity index (χ0v) is 8.18. The highest BCUT2D eigenvalue weighted by atomic mass is 16.2. The predicted octanol–water partition coefficient (Wildman–Crippen LogP) is -0.463. The van der Waals surface area contributed by atoms with Gasteiger partial charge in [0.2, 0.25) is 5.69 Å². The number of nitrogens with zero attached hydrogens (tertiary/aromatic N) is 2. The van der Waals surface area contributed by atoms with E-state index in [2.05, 4.69) is 15.6 Å². The molecule has 2 rings (SSSR count). The number of nitrogens with two attached hydrogens (primary N) is 1. The maximum atomic E-state index is 11.6. The SMILES string of the molecule is Nn1[nH]nc(C(=O)Nc2ccccc2)c1=O. The van der Waals surface area contributed by atoms with Gasteiger partial charge in [0.1, 0.15) is 0 Å². The Kier molecular flexibility index (Phi) is 2.42. The molecule has 0 saturated heterocycles. The van der Waals surface area contributed by atoms with Crippen LogP contribution < -0.4 is 16.7 Å². The highest BCUT2D eigenvalue weighted by molar-refractivity contribution is 6.02. The van der Waals surface area contributed by atoms with Gasteiger partial charge in [-0.3, -0.25) is 9.59 Å². The minimum absolute atomic E-state index is 0.272. The number of carbonyl (C=O) groups is 1. The number of carbonyl (C=O) groups excluding carboxylic acids is 1. The topological polar surface area (TPSA) is 106 Å². The van der Waals surface area contributed by atoms with Crippen molar-refractivity contribution in [1.29, 1.82) is 0 Å². The molecule has 0 fully saturated rings. The van der Waals surface area contributed by atoms with Crippen LogP contribution in [0.3, 0.4) is 0 Å². The number of anilines is 1. The summed E-state index contributed by atoms with van der Waals surface area (Å²) in [4.78, 5) is 23.5. The van der Waals surface area contributed by atoms with Gasteiger partial charge in [-0.05, 0) is 12.1 Å². The number of amides is 1. The first-order chi connectivity index (χ1) is 7.68. The molecule has 7 heteroatoms. The summed E-state index contributed by atoms with van der Waals surface area (Å²) in [6.45, 7) is 0. The molecule has 16 heavy (non-hydrogen) atoms. The largest absolute Gasteiger partial charge is 0.320 e. The van der Waals surface area contributed by atoms with Crippen LogP contribution in [0.25, 0.3) is 0 Å². The molecule has 0 bridgehead atoms. The van der Waals surface area contributed by atoms with Crippen molar-refractivity contribution in [2.75, 3.05) is 11.2 Å². The van der Waals surface area contributed by atoms with Gasteiger partial charge in [-0.15, -0.1) is 9.89 Å². The van der Waals surface area contributed by atoms with Crippen molar-refractivity contribution in [3.63, 3.8) is 0 Å². The van der Waals surface area contributed by atoms with Gasteiger partial charge >= 0.3 is 5.56 Å². The average molecular weight is 219 g/mol. The summed E-state index contributed by atoms with van der Waals surface area (Å²) in [5.41, 5.74) is -0.363. The summed E-state index contributed by atoms with van der Waals surface area (Å²) >= 11 is 0. The standard InChI is InChI=1S/C9H9N5O2/c10-14-9(16)7(12-13-14)8(15)11-6-4-2-1-3-5-6/h1-5,13H,10H2,(H,11,15). The van der Waals surface area contributed by atoms with Gasteiger partial charge in [0, 0.05) is 5.69 Å². The van der Waals surface area contributed by atoms with Gasteiger partial charge in [0.05, 0.1) is 0 Å². The van der Waals surface area contributed by atoms with Crippen LogP contribution in [0.4, 0.5) is 5.69 Å². The van der Waals surface area contributed by atoms with E-state index >= 15 is 0 Å². The number of rotatable bonds is 2. The number of H-pyrrole nitrogens is 1. The minimum Gasteiger partial charge on any atom is -0.320 e. The van der Waals surface area contributed by atoms with Gasteiger partial charge < -0.3 is 11.2 Å². The Morgan fingerprint density at radius 1 is 1.38 bits per heavy atom. The quantitative estimate of drug-likeness (QED) is 0.594.